The number of hydrogen-bond acceptors (Lipinski definition) is 1. The predicted octanol–water partition coefficient (Wildman–Crippen LogP) is 3.30. The molecule has 13 heavy (non-hydrogen) atoms. The summed E-state index contributed by atoms with van der Waals surface area (Å²) in [4.78, 5) is 0. The summed E-state index contributed by atoms with van der Waals surface area (Å²) in [6.45, 7) is 13.8. The number of aryl methyl sites for hydroxylation is 1. The molecule has 0 fully saturated rings. The summed E-state index contributed by atoms with van der Waals surface area (Å²) in [5, 5.41) is 1.61. The smallest absolute Gasteiger partial charge is 0.131 e. The Morgan fingerprint density at radius 2 is 1.77 bits per heavy atom. The molecule has 0 bridgehead atoms. The van der Waals surface area contributed by atoms with Crippen LogP contribution in [-0.2, 0) is 0 Å². The van der Waals surface area contributed by atoms with Gasteiger partial charge in [-0.15, -0.1) is 0 Å². The summed E-state index contributed by atoms with van der Waals surface area (Å²) in [5.41, 5.74) is 1.31. The van der Waals surface area contributed by atoms with Crippen molar-refractivity contribution in [3.05, 3.63) is 17.9 Å². The average molecular weight is 196 g/mol. The zero-order valence-electron chi connectivity index (χ0n) is 9.56. The molecule has 0 aliphatic heterocycles. The molecule has 0 aliphatic rings. The lowest BCUT2D eigenvalue weighted by Gasteiger charge is -2.35. The van der Waals surface area contributed by atoms with Gasteiger partial charge in [0.2, 0.25) is 0 Å². The maximum Gasteiger partial charge on any atom is 0.131 e. The maximum absolute atomic E-state index is 5.62. The zero-order chi connectivity index (χ0) is 10.3. The van der Waals surface area contributed by atoms with Crippen molar-refractivity contribution in [2.24, 2.45) is 0 Å². The zero-order valence-corrected chi connectivity index (χ0v) is 10.6. The lowest BCUT2D eigenvalue weighted by molar-refractivity contribution is 0.586. The summed E-state index contributed by atoms with van der Waals surface area (Å²) >= 11 is 0. The van der Waals surface area contributed by atoms with Crippen LogP contribution in [0, 0.1) is 6.92 Å². The molecule has 0 aromatic carbocycles. The van der Waals surface area contributed by atoms with E-state index in [0.29, 0.717) is 5.04 Å². The molecule has 0 saturated carbocycles. The monoisotopic (exact) mass is 196 g/mol. The first-order valence-electron chi connectivity index (χ1n) is 4.81. The van der Waals surface area contributed by atoms with Gasteiger partial charge in [0.1, 0.15) is 8.07 Å². The number of hydrogen-bond donors (Lipinski definition) is 0. The highest BCUT2D eigenvalue weighted by atomic mass is 28.3. The van der Waals surface area contributed by atoms with E-state index in [9.17, 15) is 0 Å². The van der Waals surface area contributed by atoms with Gasteiger partial charge < -0.3 is 4.42 Å². The Morgan fingerprint density at radius 3 is 2.08 bits per heavy atom. The highest BCUT2D eigenvalue weighted by molar-refractivity contribution is 6.91. The average Bonchev–Trinajstić information content (AvgIpc) is 2.32. The van der Waals surface area contributed by atoms with E-state index in [1.807, 2.05) is 6.26 Å². The molecular formula is C11H20OSi. The molecule has 0 saturated heterocycles. The van der Waals surface area contributed by atoms with Crippen molar-refractivity contribution in [3.8, 4) is 0 Å². The quantitative estimate of drug-likeness (QED) is 0.628. The minimum Gasteiger partial charge on any atom is -0.474 e. The van der Waals surface area contributed by atoms with E-state index in [2.05, 4.69) is 46.9 Å². The second-order valence-corrected chi connectivity index (χ2v) is 10.5. The van der Waals surface area contributed by atoms with Crippen LogP contribution in [0.3, 0.4) is 0 Å². The highest BCUT2D eigenvalue weighted by Crippen LogP contribution is 2.36. The Labute approximate surface area is 82.2 Å². The summed E-state index contributed by atoms with van der Waals surface area (Å²) in [5.74, 6) is 0. The van der Waals surface area contributed by atoms with Crippen molar-refractivity contribution < 1.29 is 4.42 Å². The standard InChI is InChI=1S/C11H20OSi/c1-9-7-8-12-10(9)13(5,6)11(2,3)4/h7-8H,1-6H3. The second kappa shape index (κ2) is 3.02. The van der Waals surface area contributed by atoms with Gasteiger partial charge in [-0.05, 0) is 23.6 Å². The lowest BCUT2D eigenvalue weighted by atomic mass is 10.2. The van der Waals surface area contributed by atoms with E-state index in [1.54, 1.807) is 0 Å². The molecule has 0 spiro atoms. The largest absolute Gasteiger partial charge is 0.474 e. The molecule has 0 atom stereocenters. The summed E-state index contributed by atoms with van der Waals surface area (Å²) < 4.78 is 5.62. The van der Waals surface area contributed by atoms with Crippen molar-refractivity contribution in [2.45, 2.75) is 45.8 Å². The predicted molar refractivity (Wildman–Crippen MR) is 60.3 cm³/mol. The molecule has 1 aromatic rings. The van der Waals surface area contributed by atoms with Crippen LogP contribution in [0.4, 0.5) is 0 Å². The third-order valence-corrected chi connectivity index (χ3v) is 8.70. The molecule has 0 aliphatic carbocycles. The fourth-order valence-electron chi connectivity index (χ4n) is 1.35. The Balaban J connectivity index is 3.15. The fraction of sp³-hybridized carbons (Fsp3) is 0.636. The van der Waals surface area contributed by atoms with Crippen molar-refractivity contribution in [2.75, 3.05) is 0 Å². The fourth-order valence-corrected chi connectivity index (χ4v) is 3.47. The van der Waals surface area contributed by atoms with Crippen LogP contribution in [0.15, 0.2) is 16.7 Å². The van der Waals surface area contributed by atoms with Gasteiger partial charge in [-0.25, -0.2) is 0 Å². The van der Waals surface area contributed by atoms with Crippen molar-refractivity contribution in [3.63, 3.8) is 0 Å². The van der Waals surface area contributed by atoms with E-state index >= 15 is 0 Å². The van der Waals surface area contributed by atoms with Gasteiger partial charge >= 0.3 is 0 Å². The van der Waals surface area contributed by atoms with Gasteiger partial charge in [-0.1, -0.05) is 33.9 Å². The van der Waals surface area contributed by atoms with E-state index in [-0.39, 0.29) is 0 Å². The second-order valence-electron chi connectivity index (χ2n) is 5.31. The summed E-state index contributed by atoms with van der Waals surface area (Å²) in [6, 6.07) is 2.07. The SMILES string of the molecule is Cc1ccoc1[Si](C)(C)C(C)(C)C. The molecule has 1 rings (SSSR count). The van der Waals surface area contributed by atoms with Crippen LogP contribution in [0.25, 0.3) is 0 Å². The lowest BCUT2D eigenvalue weighted by Crippen LogP contribution is -2.49. The molecule has 0 radical (unpaired) electrons. The van der Waals surface area contributed by atoms with Gasteiger partial charge in [-0.2, -0.15) is 0 Å². The Bertz CT molecular complexity index is 291. The number of rotatable bonds is 1. The third kappa shape index (κ3) is 1.73. The summed E-state index contributed by atoms with van der Waals surface area (Å²) in [7, 11) is -1.44. The molecule has 1 nitrogen and oxygen atoms in total. The third-order valence-electron chi connectivity index (χ3n) is 3.30. The molecule has 0 amide bonds. The van der Waals surface area contributed by atoms with E-state index in [4.69, 9.17) is 4.42 Å². The molecule has 74 valence electrons. The number of furan rings is 1. The van der Waals surface area contributed by atoms with Crippen LogP contribution in [0.5, 0.6) is 0 Å². The van der Waals surface area contributed by atoms with E-state index in [1.165, 1.54) is 10.9 Å². The first kappa shape index (κ1) is 10.6. The molecule has 1 aromatic heterocycles. The molecule has 2 heteroatoms. The molecular weight excluding hydrogens is 176 g/mol. The molecule has 0 unspecified atom stereocenters. The van der Waals surface area contributed by atoms with Crippen LogP contribution in [0.2, 0.25) is 18.1 Å². The minimum absolute atomic E-state index is 0.357. The van der Waals surface area contributed by atoms with Gasteiger partial charge in [0.15, 0.2) is 0 Å². The van der Waals surface area contributed by atoms with E-state index in [0.717, 1.165) is 0 Å². The normalized spacial score (nSPS) is 13.4. The minimum atomic E-state index is -1.44. The van der Waals surface area contributed by atoms with Gasteiger partial charge in [0.25, 0.3) is 0 Å². The summed E-state index contributed by atoms with van der Waals surface area (Å²) in [6.07, 6.45) is 1.81. The van der Waals surface area contributed by atoms with Gasteiger partial charge in [0.05, 0.1) is 11.6 Å². The topological polar surface area (TPSA) is 13.1 Å². The highest BCUT2D eigenvalue weighted by Gasteiger charge is 2.40. The van der Waals surface area contributed by atoms with Crippen molar-refractivity contribution in [1.29, 1.82) is 0 Å². The van der Waals surface area contributed by atoms with Gasteiger partial charge in [0, 0.05) is 0 Å². The van der Waals surface area contributed by atoms with Crippen molar-refractivity contribution in [1.82, 2.24) is 0 Å². The Hall–Kier alpha value is -0.503. The Kier molecular flexibility index (Phi) is 2.45. The van der Waals surface area contributed by atoms with Crippen LogP contribution < -0.4 is 5.38 Å². The first-order chi connectivity index (χ1) is 5.77. The van der Waals surface area contributed by atoms with E-state index < -0.39 is 8.07 Å². The molecule has 1 heterocycles. The maximum atomic E-state index is 5.62. The molecule has 0 N–H and O–H groups in total. The van der Waals surface area contributed by atoms with Crippen molar-refractivity contribution >= 4 is 13.5 Å². The Morgan fingerprint density at radius 1 is 1.23 bits per heavy atom. The van der Waals surface area contributed by atoms with Crippen LogP contribution in [-0.4, -0.2) is 8.07 Å². The van der Waals surface area contributed by atoms with Crippen LogP contribution in [0.1, 0.15) is 26.3 Å². The first-order valence-corrected chi connectivity index (χ1v) is 7.81. The van der Waals surface area contributed by atoms with Crippen LogP contribution >= 0.6 is 0 Å². The van der Waals surface area contributed by atoms with Gasteiger partial charge in [-0.3, -0.25) is 0 Å².